The summed E-state index contributed by atoms with van der Waals surface area (Å²) in [6, 6.07) is 4.31. The summed E-state index contributed by atoms with van der Waals surface area (Å²) in [7, 11) is 0. The molecule has 0 aliphatic heterocycles. The lowest BCUT2D eigenvalue weighted by Crippen LogP contribution is -2.18. The highest BCUT2D eigenvalue weighted by atomic mass is 16.3. The predicted octanol–water partition coefficient (Wildman–Crippen LogP) is 0.958. The van der Waals surface area contributed by atoms with Gasteiger partial charge in [-0.05, 0) is 36.6 Å². The van der Waals surface area contributed by atoms with Crippen LogP contribution < -0.4 is 5.43 Å². The molecule has 2 rings (SSSR count). The van der Waals surface area contributed by atoms with Crippen LogP contribution in [0.4, 0.5) is 0 Å². The lowest BCUT2D eigenvalue weighted by molar-refractivity contribution is -0.122. The molecule has 5 nitrogen and oxygen atoms in total. The van der Waals surface area contributed by atoms with Crippen LogP contribution in [0.3, 0.4) is 0 Å². The van der Waals surface area contributed by atoms with Crippen LogP contribution in [0, 0.1) is 5.92 Å². The van der Waals surface area contributed by atoms with Gasteiger partial charge in [0.1, 0.15) is 0 Å². The fourth-order valence-corrected chi connectivity index (χ4v) is 1.23. The number of carbonyl (C=O) groups excluding carboxylic acids is 1. The van der Waals surface area contributed by atoms with Gasteiger partial charge in [-0.2, -0.15) is 5.10 Å². The molecule has 1 fully saturated rings. The minimum atomic E-state index is -0.211. The van der Waals surface area contributed by atoms with E-state index in [-0.39, 0.29) is 23.3 Å². The predicted molar refractivity (Wildman–Crippen MR) is 58.2 cm³/mol. The second kappa shape index (κ2) is 4.22. The lowest BCUT2D eigenvalue weighted by atomic mass is 10.2. The summed E-state index contributed by atoms with van der Waals surface area (Å²) in [5.74, 6) is -0.346. The van der Waals surface area contributed by atoms with E-state index in [1.54, 1.807) is 6.07 Å². The molecule has 0 atom stereocenters. The summed E-state index contributed by atoms with van der Waals surface area (Å²) in [5.41, 5.74) is 3.02. The van der Waals surface area contributed by atoms with Gasteiger partial charge in [-0.3, -0.25) is 4.79 Å². The molecule has 1 aromatic rings. The van der Waals surface area contributed by atoms with Crippen LogP contribution in [0.1, 0.15) is 18.4 Å². The maximum atomic E-state index is 11.2. The van der Waals surface area contributed by atoms with E-state index >= 15 is 0 Å². The van der Waals surface area contributed by atoms with Crippen molar-refractivity contribution in [3.63, 3.8) is 0 Å². The number of hydrazone groups is 1. The van der Waals surface area contributed by atoms with E-state index in [1.165, 1.54) is 18.3 Å². The summed E-state index contributed by atoms with van der Waals surface area (Å²) < 4.78 is 0. The van der Waals surface area contributed by atoms with Crippen molar-refractivity contribution in [1.82, 2.24) is 5.43 Å². The molecular formula is C11H12N2O3. The quantitative estimate of drug-likeness (QED) is 0.403. The van der Waals surface area contributed by atoms with E-state index in [0.717, 1.165) is 12.8 Å². The van der Waals surface area contributed by atoms with Gasteiger partial charge in [-0.25, -0.2) is 5.43 Å². The lowest BCUT2D eigenvalue weighted by Gasteiger charge is -1.98. The van der Waals surface area contributed by atoms with Crippen molar-refractivity contribution in [1.29, 1.82) is 0 Å². The number of phenols is 2. The Labute approximate surface area is 92.4 Å². The van der Waals surface area contributed by atoms with Crippen molar-refractivity contribution < 1.29 is 15.0 Å². The highest BCUT2D eigenvalue weighted by molar-refractivity contribution is 5.84. The molecule has 1 saturated carbocycles. The highest BCUT2D eigenvalue weighted by Gasteiger charge is 2.29. The van der Waals surface area contributed by atoms with Crippen LogP contribution in [0.15, 0.2) is 23.3 Å². The number of phenolic OH excluding ortho intramolecular Hbond substituents is 2. The van der Waals surface area contributed by atoms with Crippen molar-refractivity contribution in [2.75, 3.05) is 0 Å². The van der Waals surface area contributed by atoms with Gasteiger partial charge in [-0.15, -0.1) is 0 Å². The molecule has 5 heteroatoms. The van der Waals surface area contributed by atoms with Gasteiger partial charge in [0, 0.05) is 5.92 Å². The van der Waals surface area contributed by atoms with E-state index in [1.807, 2.05) is 0 Å². The fraction of sp³-hybridized carbons (Fsp3) is 0.273. The molecule has 0 radical (unpaired) electrons. The monoisotopic (exact) mass is 220 g/mol. The molecule has 1 amide bonds. The van der Waals surface area contributed by atoms with Gasteiger partial charge < -0.3 is 10.2 Å². The minimum absolute atomic E-state index is 0.0701. The zero-order valence-corrected chi connectivity index (χ0v) is 8.55. The van der Waals surface area contributed by atoms with Crippen LogP contribution in [0.25, 0.3) is 0 Å². The van der Waals surface area contributed by atoms with Gasteiger partial charge in [0.25, 0.3) is 0 Å². The third-order valence-corrected chi connectivity index (χ3v) is 2.34. The van der Waals surface area contributed by atoms with Crippen LogP contribution in [0.5, 0.6) is 11.5 Å². The number of aromatic hydroxyl groups is 2. The smallest absolute Gasteiger partial charge is 0.243 e. The standard InChI is InChI=1S/C11H12N2O3/c14-9-4-1-7(5-10(9)15)6-12-13-11(16)8-2-3-8/h1,4-6,8,14-15H,2-3H2,(H,13,16). The Morgan fingerprint density at radius 1 is 1.38 bits per heavy atom. The molecule has 0 aromatic heterocycles. The number of nitrogens with one attached hydrogen (secondary N) is 1. The van der Waals surface area contributed by atoms with Crippen molar-refractivity contribution >= 4 is 12.1 Å². The maximum absolute atomic E-state index is 11.2. The Morgan fingerprint density at radius 3 is 2.75 bits per heavy atom. The Morgan fingerprint density at radius 2 is 2.12 bits per heavy atom. The summed E-state index contributed by atoms with van der Waals surface area (Å²) in [6.45, 7) is 0. The SMILES string of the molecule is O=C(NN=Cc1ccc(O)c(O)c1)C1CC1. The van der Waals surface area contributed by atoms with Crippen molar-refractivity contribution in [3.05, 3.63) is 23.8 Å². The average Bonchev–Trinajstić information content (AvgIpc) is 3.07. The van der Waals surface area contributed by atoms with Gasteiger partial charge in [0.2, 0.25) is 5.91 Å². The second-order valence-electron chi connectivity index (χ2n) is 3.76. The molecule has 84 valence electrons. The number of hydrogen-bond acceptors (Lipinski definition) is 4. The summed E-state index contributed by atoms with van der Waals surface area (Å²) in [5, 5.41) is 22.0. The number of carbonyl (C=O) groups is 1. The number of amides is 1. The summed E-state index contributed by atoms with van der Waals surface area (Å²) in [6.07, 6.45) is 3.28. The van der Waals surface area contributed by atoms with Crippen molar-refractivity contribution in [3.8, 4) is 11.5 Å². The van der Waals surface area contributed by atoms with Crippen LogP contribution in [0.2, 0.25) is 0 Å². The molecular weight excluding hydrogens is 208 g/mol. The number of hydrogen-bond donors (Lipinski definition) is 3. The first-order valence-corrected chi connectivity index (χ1v) is 5.02. The molecule has 16 heavy (non-hydrogen) atoms. The molecule has 1 aromatic carbocycles. The van der Waals surface area contributed by atoms with E-state index in [2.05, 4.69) is 10.5 Å². The first kappa shape index (κ1) is 10.5. The first-order valence-electron chi connectivity index (χ1n) is 5.02. The van der Waals surface area contributed by atoms with Crippen LogP contribution in [-0.4, -0.2) is 22.3 Å². The molecule has 0 heterocycles. The van der Waals surface area contributed by atoms with Crippen LogP contribution in [-0.2, 0) is 4.79 Å². The average molecular weight is 220 g/mol. The van der Waals surface area contributed by atoms with Crippen molar-refractivity contribution in [2.45, 2.75) is 12.8 Å². The Bertz CT molecular complexity index is 439. The molecule has 0 saturated heterocycles. The third kappa shape index (κ3) is 2.50. The zero-order valence-electron chi connectivity index (χ0n) is 8.55. The van der Waals surface area contributed by atoms with Gasteiger partial charge in [0.05, 0.1) is 6.21 Å². The molecule has 3 N–H and O–H groups in total. The second-order valence-corrected chi connectivity index (χ2v) is 3.76. The molecule has 1 aliphatic carbocycles. The number of nitrogens with zero attached hydrogens (tertiary/aromatic N) is 1. The maximum Gasteiger partial charge on any atom is 0.243 e. The van der Waals surface area contributed by atoms with Gasteiger partial charge in [-0.1, -0.05) is 0 Å². The Kier molecular flexibility index (Phi) is 2.76. The third-order valence-electron chi connectivity index (χ3n) is 2.34. The molecule has 0 spiro atoms. The number of rotatable bonds is 3. The zero-order chi connectivity index (χ0) is 11.5. The normalized spacial score (nSPS) is 15.2. The topological polar surface area (TPSA) is 81.9 Å². The fourth-order valence-electron chi connectivity index (χ4n) is 1.23. The van der Waals surface area contributed by atoms with E-state index in [9.17, 15) is 9.90 Å². The first-order chi connectivity index (χ1) is 7.66. The van der Waals surface area contributed by atoms with Crippen LogP contribution >= 0.6 is 0 Å². The largest absolute Gasteiger partial charge is 0.504 e. The minimum Gasteiger partial charge on any atom is -0.504 e. The highest BCUT2D eigenvalue weighted by Crippen LogP contribution is 2.28. The molecule has 1 aliphatic rings. The van der Waals surface area contributed by atoms with Gasteiger partial charge >= 0.3 is 0 Å². The summed E-state index contributed by atoms with van der Waals surface area (Å²) >= 11 is 0. The Balaban J connectivity index is 1.94. The van der Waals surface area contributed by atoms with Crippen molar-refractivity contribution in [2.24, 2.45) is 11.0 Å². The van der Waals surface area contributed by atoms with E-state index in [0.29, 0.717) is 5.56 Å². The molecule has 0 bridgehead atoms. The van der Waals surface area contributed by atoms with Gasteiger partial charge in [0.15, 0.2) is 11.5 Å². The van der Waals surface area contributed by atoms with E-state index < -0.39 is 0 Å². The summed E-state index contributed by atoms with van der Waals surface area (Å²) in [4.78, 5) is 11.2. The number of benzene rings is 1. The van der Waals surface area contributed by atoms with E-state index in [4.69, 9.17) is 5.11 Å². The Hall–Kier alpha value is -2.04. The molecule has 0 unspecified atom stereocenters.